The molecule has 2 heterocycles. The van der Waals surface area contributed by atoms with Gasteiger partial charge in [0.15, 0.2) is 0 Å². The summed E-state index contributed by atoms with van der Waals surface area (Å²) < 4.78 is 6.64. The van der Waals surface area contributed by atoms with Gasteiger partial charge in [0.2, 0.25) is 0 Å². The third kappa shape index (κ3) is 3.32. The number of nitrogens with one attached hydrogen (secondary N) is 1. The van der Waals surface area contributed by atoms with E-state index in [1.54, 1.807) is 0 Å². The quantitative estimate of drug-likeness (QED) is 0.774. The smallest absolute Gasteiger partial charge is 0.411 e. The molecule has 1 aromatic carbocycles. The zero-order chi connectivity index (χ0) is 17.8. The first-order valence-electron chi connectivity index (χ1n) is 8.64. The second-order valence-electron chi connectivity index (χ2n) is 7.89. The molecule has 2 aliphatic rings. The number of fused-ring (bicyclic) bond motifs is 1. The lowest BCUT2D eigenvalue weighted by molar-refractivity contribution is 0.0175. The molecule has 1 amide bonds. The average Bonchev–Trinajstić information content (AvgIpc) is 2.97. The van der Waals surface area contributed by atoms with Crippen molar-refractivity contribution in [2.45, 2.75) is 51.3 Å². The number of aromatic nitrogens is 2. The fourth-order valence-electron chi connectivity index (χ4n) is 3.59. The maximum atomic E-state index is 12.7. The molecular weight excluding hydrogens is 382 g/mol. The molecule has 0 bridgehead atoms. The van der Waals surface area contributed by atoms with Crippen LogP contribution in [0.5, 0.6) is 0 Å². The molecule has 3 atom stereocenters. The number of rotatable bonds is 2. The average molecular weight is 404 g/mol. The standard InChI is InChI=1S/C19H22BrN3O2/c1-19(2,3)25-18(24)23-15-8-12(15)9-16(23)17-21-10-14(22-17)11-5-4-6-13(20)7-11/h4-7,10,12,15-16H,8-9H2,1-3H3,(H,21,22)/t12-,15-,16+/m1/s1. The van der Waals surface area contributed by atoms with Crippen molar-refractivity contribution in [2.24, 2.45) is 5.92 Å². The van der Waals surface area contributed by atoms with Crippen molar-refractivity contribution in [1.82, 2.24) is 14.9 Å². The van der Waals surface area contributed by atoms with Crippen LogP contribution in [-0.4, -0.2) is 32.6 Å². The molecule has 2 aromatic rings. The van der Waals surface area contributed by atoms with E-state index in [9.17, 15) is 4.79 Å². The number of nitrogens with zero attached hydrogens (tertiary/aromatic N) is 2. The monoisotopic (exact) mass is 403 g/mol. The fourth-order valence-corrected chi connectivity index (χ4v) is 3.99. The molecule has 1 N–H and O–H groups in total. The molecule has 1 saturated heterocycles. The first kappa shape index (κ1) is 16.6. The minimum Gasteiger partial charge on any atom is -0.444 e. The number of piperidine rings is 1. The largest absolute Gasteiger partial charge is 0.444 e. The third-order valence-corrected chi connectivity index (χ3v) is 5.25. The van der Waals surface area contributed by atoms with Gasteiger partial charge in [-0.25, -0.2) is 9.78 Å². The highest BCUT2D eigenvalue weighted by atomic mass is 79.9. The zero-order valence-corrected chi connectivity index (χ0v) is 16.2. The van der Waals surface area contributed by atoms with Crippen molar-refractivity contribution < 1.29 is 9.53 Å². The van der Waals surface area contributed by atoms with Crippen molar-refractivity contribution in [3.05, 3.63) is 40.8 Å². The number of carbonyl (C=O) groups excluding carboxylic acids is 1. The van der Waals surface area contributed by atoms with Gasteiger partial charge < -0.3 is 9.72 Å². The van der Waals surface area contributed by atoms with E-state index in [-0.39, 0.29) is 12.1 Å². The summed E-state index contributed by atoms with van der Waals surface area (Å²) >= 11 is 3.50. The number of aromatic amines is 1. The number of H-pyrrole nitrogens is 1. The Hall–Kier alpha value is -1.82. The number of ether oxygens (including phenoxy) is 1. The number of halogens is 1. The minimum atomic E-state index is -0.487. The molecule has 25 heavy (non-hydrogen) atoms. The molecule has 4 rings (SSSR count). The van der Waals surface area contributed by atoms with Crippen LogP contribution in [0.4, 0.5) is 4.79 Å². The number of benzene rings is 1. The first-order valence-corrected chi connectivity index (χ1v) is 9.43. The van der Waals surface area contributed by atoms with Crippen LogP contribution in [0, 0.1) is 5.92 Å². The van der Waals surface area contributed by atoms with Crippen molar-refractivity contribution in [3.8, 4) is 11.3 Å². The lowest BCUT2D eigenvalue weighted by atomic mass is 10.1. The molecule has 132 valence electrons. The normalized spacial score (nSPS) is 25.0. The summed E-state index contributed by atoms with van der Waals surface area (Å²) in [5, 5.41) is 0. The van der Waals surface area contributed by atoms with Gasteiger partial charge in [-0.2, -0.15) is 0 Å². The van der Waals surface area contributed by atoms with Gasteiger partial charge in [-0.3, -0.25) is 4.90 Å². The first-order chi connectivity index (χ1) is 11.8. The van der Waals surface area contributed by atoms with Crippen LogP contribution in [0.1, 0.15) is 45.5 Å². The molecule has 1 aliphatic carbocycles. The Morgan fingerprint density at radius 3 is 2.88 bits per heavy atom. The van der Waals surface area contributed by atoms with Crippen LogP contribution < -0.4 is 0 Å². The van der Waals surface area contributed by atoms with E-state index < -0.39 is 5.60 Å². The van der Waals surface area contributed by atoms with Crippen LogP contribution in [-0.2, 0) is 4.74 Å². The Balaban J connectivity index is 1.58. The van der Waals surface area contributed by atoms with Gasteiger partial charge in [0.1, 0.15) is 11.4 Å². The predicted molar refractivity (Wildman–Crippen MR) is 99.0 cm³/mol. The van der Waals surface area contributed by atoms with E-state index in [0.717, 1.165) is 34.4 Å². The fraction of sp³-hybridized carbons (Fsp3) is 0.474. The summed E-state index contributed by atoms with van der Waals surface area (Å²) in [7, 11) is 0. The topological polar surface area (TPSA) is 58.2 Å². The highest BCUT2D eigenvalue weighted by Crippen LogP contribution is 2.53. The molecule has 1 saturated carbocycles. The lowest BCUT2D eigenvalue weighted by Crippen LogP contribution is -2.38. The molecule has 2 fully saturated rings. The maximum absolute atomic E-state index is 12.7. The van der Waals surface area contributed by atoms with Gasteiger partial charge in [-0.15, -0.1) is 0 Å². The Labute approximate surface area is 155 Å². The van der Waals surface area contributed by atoms with Crippen LogP contribution >= 0.6 is 15.9 Å². The number of imidazole rings is 1. The number of hydrogen-bond acceptors (Lipinski definition) is 3. The van der Waals surface area contributed by atoms with Crippen LogP contribution in [0.3, 0.4) is 0 Å². The molecule has 5 nitrogen and oxygen atoms in total. The summed E-state index contributed by atoms with van der Waals surface area (Å²) in [5.41, 5.74) is 1.54. The Bertz CT molecular complexity index is 811. The molecule has 0 unspecified atom stereocenters. The SMILES string of the molecule is CC(C)(C)OC(=O)N1[C@@H]2C[C@@H]2C[C@H]1c1ncc(-c2cccc(Br)c2)[nH]1. The van der Waals surface area contributed by atoms with E-state index in [0.29, 0.717) is 12.0 Å². The van der Waals surface area contributed by atoms with Gasteiger partial charge in [0, 0.05) is 16.1 Å². The summed E-state index contributed by atoms with van der Waals surface area (Å²) in [6.07, 6.45) is 3.64. The molecular formula is C19H22BrN3O2. The van der Waals surface area contributed by atoms with E-state index >= 15 is 0 Å². The molecule has 0 spiro atoms. The van der Waals surface area contributed by atoms with Gasteiger partial charge in [0.05, 0.1) is 17.9 Å². The maximum Gasteiger partial charge on any atom is 0.411 e. The lowest BCUT2D eigenvalue weighted by Gasteiger charge is -2.29. The second kappa shape index (κ2) is 5.87. The summed E-state index contributed by atoms with van der Waals surface area (Å²) in [6.45, 7) is 5.70. The summed E-state index contributed by atoms with van der Waals surface area (Å²) in [6, 6.07) is 8.36. The van der Waals surface area contributed by atoms with Crippen LogP contribution in [0.25, 0.3) is 11.3 Å². The van der Waals surface area contributed by atoms with E-state index in [4.69, 9.17) is 4.74 Å². The number of carbonyl (C=O) groups is 1. The predicted octanol–water partition coefficient (Wildman–Crippen LogP) is 4.91. The van der Waals surface area contributed by atoms with E-state index in [1.807, 2.05) is 50.1 Å². The number of hydrogen-bond donors (Lipinski definition) is 1. The number of amides is 1. The molecule has 6 heteroatoms. The molecule has 0 radical (unpaired) electrons. The molecule has 1 aromatic heterocycles. The van der Waals surface area contributed by atoms with Crippen LogP contribution in [0.2, 0.25) is 0 Å². The Kier molecular flexibility index (Phi) is 3.90. The van der Waals surface area contributed by atoms with Crippen molar-refractivity contribution in [1.29, 1.82) is 0 Å². The Morgan fingerprint density at radius 2 is 2.16 bits per heavy atom. The van der Waals surface area contributed by atoms with Crippen molar-refractivity contribution in [2.75, 3.05) is 0 Å². The van der Waals surface area contributed by atoms with Gasteiger partial charge in [-0.1, -0.05) is 28.1 Å². The van der Waals surface area contributed by atoms with Crippen molar-refractivity contribution in [3.63, 3.8) is 0 Å². The highest BCUT2D eigenvalue weighted by Gasteiger charge is 2.56. The molecule has 1 aliphatic heterocycles. The van der Waals surface area contributed by atoms with E-state index in [1.165, 1.54) is 0 Å². The minimum absolute atomic E-state index is 0.0282. The van der Waals surface area contributed by atoms with Gasteiger partial charge in [-0.05, 0) is 51.7 Å². The van der Waals surface area contributed by atoms with Crippen molar-refractivity contribution >= 4 is 22.0 Å². The van der Waals surface area contributed by atoms with E-state index in [2.05, 4.69) is 32.0 Å². The van der Waals surface area contributed by atoms with Crippen LogP contribution in [0.15, 0.2) is 34.9 Å². The summed E-state index contributed by atoms with van der Waals surface area (Å²) in [4.78, 5) is 22.5. The summed E-state index contributed by atoms with van der Waals surface area (Å²) in [5.74, 6) is 1.42. The zero-order valence-electron chi connectivity index (χ0n) is 14.6. The highest BCUT2D eigenvalue weighted by molar-refractivity contribution is 9.10. The van der Waals surface area contributed by atoms with Gasteiger partial charge in [0.25, 0.3) is 0 Å². The third-order valence-electron chi connectivity index (χ3n) is 4.76. The second-order valence-corrected chi connectivity index (χ2v) is 8.81. The number of likely N-dealkylation sites (tertiary alicyclic amines) is 1. The Morgan fingerprint density at radius 1 is 1.36 bits per heavy atom. The van der Waals surface area contributed by atoms with Gasteiger partial charge >= 0.3 is 6.09 Å².